The molecule has 1 atom stereocenters. The number of rotatable bonds is 5. The number of aromatic nitrogens is 4. The molecule has 1 aliphatic rings. The molecule has 9 nitrogen and oxygen atoms in total. The molecule has 1 aromatic carbocycles. The van der Waals surface area contributed by atoms with E-state index in [0.29, 0.717) is 6.54 Å². The Bertz CT molecular complexity index is 1550. The molecule has 5 aromatic rings. The van der Waals surface area contributed by atoms with Gasteiger partial charge in [0.2, 0.25) is 5.91 Å². The summed E-state index contributed by atoms with van der Waals surface area (Å²) in [7, 11) is 1.28. The van der Waals surface area contributed by atoms with Crippen molar-refractivity contribution in [1.82, 2.24) is 30.2 Å². The maximum Gasteiger partial charge on any atom is 0.407 e. The van der Waals surface area contributed by atoms with Gasteiger partial charge in [-0.2, -0.15) is 0 Å². The van der Waals surface area contributed by atoms with Crippen LogP contribution in [0.4, 0.5) is 4.79 Å². The maximum atomic E-state index is 12.7. The number of alkyl carbamates (subject to hydrolysis) is 1. The Balaban J connectivity index is 1.28. The molecule has 1 fully saturated rings. The van der Waals surface area contributed by atoms with E-state index in [4.69, 9.17) is 0 Å². The fourth-order valence-corrected chi connectivity index (χ4v) is 7.11. The van der Waals surface area contributed by atoms with Crippen LogP contribution < -0.4 is 5.32 Å². The Kier molecular flexibility index (Phi) is 5.50. The van der Waals surface area contributed by atoms with Crippen molar-refractivity contribution < 1.29 is 14.3 Å². The fourth-order valence-electron chi connectivity index (χ4n) is 4.69. The maximum absolute atomic E-state index is 12.7. The van der Waals surface area contributed by atoms with Gasteiger partial charge in [-0.25, -0.2) is 14.8 Å². The van der Waals surface area contributed by atoms with Gasteiger partial charge in [0.25, 0.3) is 0 Å². The minimum atomic E-state index is -0.616. The highest BCUT2D eigenvalue weighted by Crippen LogP contribution is 2.45. The van der Waals surface area contributed by atoms with E-state index >= 15 is 0 Å². The largest absolute Gasteiger partial charge is 0.453 e. The monoisotopic (exact) mass is 506 g/mol. The third-order valence-corrected chi connectivity index (χ3v) is 8.52. The second-order valence-electron chi connectivity index (χ2n) is 8.33. The number of amides is 2. The van der Waals surface area contributed by atoms with Gasteiger partial charge >= 0.3 is 6.09 Å². The third-order valence-electron chi connectivity index (χ3n) is 6.37. The molecule has 1 aliphatic heterocycles. The molecule has 4 aromatic heterocycles. The summed E-state index contributed by atoms with van der Waals surface area (Å²) in [5.41, 5.74) is 6.34. The van der Waals surface area contributed by atoms with Crippen molar-refractivity contribution in [1.29, 1.82) is 0 Å². The number of carbonyl (C=O) groups is 2. The molecule has 0 radical (unpaired) electrons. The molecule has 0 aliphatic carbocycles. The molecule has 35 heavy (non-hydrogen) atoms. The molecule has 0 unspecified atom stereocenters. The highest BCUT2D eigenvalue weighted by atomic mass is 32.1. The number of hydrogen-bond donors (Lipinski definition) is 3. The minimum absolute atomic E-state index is 0.0946. The molecule has 2 amide bonds. The van der Waals surface area contributed by atoms with Crippen molar-refractivity contribution >= 4 is 55.1 Å². The Morgan fingerprint density at radius 3 is 2.86 bits per heavy atom. The fraction of sp³-hybridized carbons (Fsp3) is 0.250. The van der Waals surface area contributed by atoms with E-state index in [0.717, 1.165) is 46.5 Å². The molecule has 0 saturated carbocycles. The summed E-state index contributed by atoms with van der Waals surface area (Å²) in [6.45, 7) is 0.542. The quantitative estimate of drug-likeness (QED) is 0.313. The number of para-hydroxylation sites is 1. The predicted octanol–water partition coefficient (Wildman–Crippen LogP) is 4.92. The highest BCUT2D eigenvalue weighted by Gasteiger charge is 2.32. The number of H-pyrrole nitrogens is 2. The molecule has 1 saturated heterocycles. The number of nitrogens with zero attached hydrogens (tertiary/aromatic N) is 3. The lowest BCUT2D eigenvalue weighted by atomic mass is 10.1. The van der Waals surface area contributed by atoms with Crippen LogP contribution in [-0.2, 0) is 9.53 Å². The average molecular weight is 507 g/mol. The first kappa shape index (κ1) is 21.8. The molecule has 11 heteroatoms. The first-order valence-corrected chi connectivity index (χ1v) is 13.0. The molecule has 6 rings (SSSR count). The number of imidazole rings is 2. The molecule has 5 heterocycles. The van der Waals surface area contributed by atoms with Crippen LogP contribution in [0.1, 0.15) is 24.7 Å². The topological polar surface area (TPSA) is 116 Å². The summed E-state index contributed by atoms with van der Waals surface area (Å²) in [6, 6.07) is 6.05. The summed E-state index contributed by atoms with van der Waals surface area (Å²) < 4.78 is 6.99. The van der Waals surface area contributed by atoms with E-state index in [-0.39, 0.29) is 18.5 Å². The van der Waals surface area contributed by atoms with Crippen molar-refractivity contribution in [2.45, 2.75) is 18.9 Å². The zero-order valence-corrected chi connectivity index (χ0v) is 20.5. The van der Waals surface area contributed by atoms with E-state index in [9.17, 15) is 9.59 Å². The summed E-state index contributed by atoms with van der Waals surface area (Å²) in [6.07, 6.45) is 4.67. The van der Waals surface area contributed by atoms with Gasteiger partial charge in [0, 0.05) is 34.0 Å². The van der Waals surface area contributed by atoms with Gasteiger partial charge in [0.1, 0.15) is 12.4 Å². The normalized spacial score (nSPS) is 15.8. The van der Waals surface area contributed by atoms with Crippen LogP contribution in [0.15, 0.2) is 41.5 Å². The van der Waals surface area contributed by atoms with Crippen molar-refractivity contribution in [3.05, 3.63) is 47.3 Å². The third kappa shape index (κ3) is 3.76. The predicted molar refractivity (Wildman–Crippen MR) is 136 cm³/mol. The number of nitrogens with one attached hydrogen (secondary N) is 3. The molecule has 3 N–H and O–H groups in total. The molecule has 0 bridgehead atoms. The molecule has 178 valence electrons. The van der Waals surface area contributed by atoms with Crippen molar-refractivity contribution in [3.8, 4) is 22.4 Å². The highest BCUT2D eigenvalue weighted by molar-refractivity contribution is 7.27. The van der Waals surface area contributed by atoms with Crippen LogP contribution in [0.3, 0.4) is 0 Å². The lowest BCUT2D eigenvalue weighted by Crippen LogP contribution is -2.40. The molecular weight excluding hydrogens is 484 g/mol. The Hall–Kier alpha value is -3.70. The van der Waals surface area contributed by atoms with E-state index in [1.165, 1.54) is 22.1 Å². The van der Waals surface area contributed by atoms with E-state index in [1.54, 1.807) is 33.9 Å². The van der Waals surface area contributed by atoms with E-state index in [2.05, 4.69) is 46.8 Å². The lowest BCUT2D eigenvalue weighted by molar-refractivity contribution is -0.131. The standard InChI is InChI=1S/C24H22N6O3S2/c1-33-24(32)26-9-19(31)30-7-3-6-18(30)23-25-8-17(29-23)15-11-35-21-14(10-34-22(15)21)13-4-2-5-16-20(13)28-12-27-16/h2,4-5,8,10-12,18H,3,6-7,9H2,1H3,(H,25,29)(H,26,32)(H,27,28)/t18-/m0/s1. The first-order chi connectivity index (χ1) is 17.1. The second-order valence-corrected chi connectivity index (χ2v) is 10.1. The summed E-state index contributed by atoms with van der Waals surface area (Å²) in [5, 5.41) is 6.82. The lowest BCUT2D eigenvalue weighted by Gasteiger charge is -2.23. The number of hydrogen-bond acceptors (Lipinski definition) is 7. The number of thiophene rings is 2. The Morgan fingerprint density at radius 1 is 1.17 bits per heavy atom. The first-order valence-electron chi connectivity index (χ1n) is 11.2. The number of aromatic amines is 2. The van der Waals surface area contributed by atoms with Gasteiger partial charge in [-0.3, -0.25) is 4.79 Å². The number of benzene rings is 1. The number of methoxy groups -OCH3 is 1. The second kappa shape index (κ2) is 8.82. The smallest absolute Gasteiger partial charge is 0.407 e. The zero-order chi connectivity index (χ0) is 23.9. The number of ether oxygens (including phenoxy) is 1. The van der Waals surface area contributed by atoms with Crippen LogP contribution in [0.5, 0.6) is 0 Å². The van der Waals surface area contributed by atoms with Crippen LogP contribution in [0.25, 0.3) is 42.8 Å². The van der Waals surface area contributed by atoms with Gasteiger partial charge < -0.3 is 24.9 Å². The van der Waals surface area contributed by atoms with Gasteiger partial charge in [0.05, 0.1) is 51.8 Å². The van der Waals surface area contributed by atoms with Crippen molar-refractivity contribution in [3.63, 3.8) is 0 Å². The Labute approximate surface area is 208 Å². The van der Waals surface area contributed by atoms with Crippen LogP contribution in [0, 0.1) is 0 Å². The van der Waals surface area contributed by atoms with Crippen LogP contribution >= 0.6 is 22.7 Å². The van der Waals surface area contributed by atoms with Gasteiger partial charge in [-0.05, 0) is 18.9 Å². The molecular formula is C24H22N6O3S2. The van der Waals surface area contributed by atoms with Gasteiger partial charge in [-0.15, -0.1) is 22.7 Å². The van der Waals surface area contributed by atoms with Crippen molar-refractivity contribution in [2.75, 3.05) is 20.2 Å². The van der Waals surface area contributed by atoms with Gasteiger partial charge in [0.15, 0.2) is 0 Å². The average Bonchev–Trinajstić information content (AvgIpc) is 3.69. The van der Waals surface area contributed by atoms with Crippen LogP contribution in [-0.4, -0.2) is 57.0 Å². The van der Waals surface area contributed by atoms with E-state index in [1.807, 2.05) is 18.3 Å². The Morgan fingerprint density at radius 2 is 2.00 bits per heavy atom. The zero-order valence-electron chi connectivity index (χ0n) is 18.8. The number of likely N-dealkylation sites (tertiary alicyclic amines) is 1. The van der Waals surface area contributed by atoms with Gasteiger partial charge in [-0.1, -0.05) is 12.1 Å². The SMILES string of the molecule is COC(=O)NCC(=O)N1CCC[C@H]1c1ncc(-c2csc3c(-c4cccc5[nH]cnc45)csc23)[nH]1. The minimum Gasteiger partial charge on any atom is -0.453 e. The van der Waals surface area contributed by atoms with Crippen molar-refractivity contribution in [2.24, 2.45) is 0 Å². The summed E-state index contributed by atoms with van der Waals surface area (Å²) >= 11 is 3.43. The number of carbonyl (C=O) groups excluding carboxylic acids is 2. The molecule has 0 spiro atoms. The van der Waals surface area contributed by atoms with E-state index < -0.39 is 6.09 Å². The summed E-state index contributed by atoms with van der Waals surface area (Å²) in [5.74, 6) is 0.616. The summed E-state index contributed by atoms with van der Waals surface area (Å²) in [4.78, 5) is 41.6. The van der Waals surface area contributed by atoms with Crippen LogP contribution in [0.2, 0.25) is 0 Å². The number of fused-ring (bicyclic) bond motifs is 2.